The van der Waals surface area contributed by atoms with Gasteiger partial charge in [-0.3, -0.25) is 0 Å². The largest absolute Gasteiger partial charge is 0.394 e. The Morgan fingerprint density at radius 1 is 1.36 bits per heavy atom. The van der Waals surface area contributed by atoms with Crippen LogP contribution in [0.2, 0.25) is 0 Å². The van der Waals surface area contributed by atoms with E-state index in [2.05, 4.69) is 22.6 Å². The quantitative estimate of drug-likeness (QED) is 0.488. The highest BCUT2D eigenvalue weighted by atomic mass is 127. The molecule has 0 aromatic carbocycles. The summed E-state index contributed by atoms with van der Waals surface area (Å²) in [6.07, 6.45) is -1.48. The molecule has 2 bridgehead atoms. The fraction of sp³-hybridized carbons (Fsp3) is 1.00. The van der Waals surface area contributed by atoms with Crippen molar-refractivity contribution in [1.82, 2.24) is 0 Å². The van der Waals surface area contributed by atoms with Gasteiger partial charge in [-0.1, -0.05) is 22.6 Å². The molecule has 0 amide bonds. The molecular formula is C6H9IO4. The van der Waals surface area contributed by atoms with Crippen LogP contribution in [0.1, 0.15) is 0 Å². The highest BCUT2D eigenvalue weighted by Gasteiger charge is 2.53. The van der Waals surface area contributed by atoms with Crippen LogP contribution in [0, 0.1) is 0 Å². The van der Waals surface area contributed by atoms with E-state index in [1.165, 1.54) is 0 Å². The minimum absolute atomic E-state index is 0.000370. The van der Waals surface area contributed by atoms with E-state index in [0.29, 0.717) is 0 Å². The Morgan fingerprint density at radius 3 is 2.55 bits per heavy atom. The standard InChI is InChI=1S/C6H9IO4/c7-3-4(9)5-2(1-8)10-6(3)11-5/h2-6,8-9H,1H2/t2-,3-,4-,5+,6+/m1/s1. The normalized spacial score (nSPS) is 55.4. The van der Waals surface area contributed by atoms with E-state index in [1.54, 1.807) is 0 Å². The van der Waals surface area contributed by atoms with Gasteiger partial charge in [-0.25, -0.2) is 0 Å². The molecule has 2 saturated heterocycles. The lowest BCUT2D eigenvalue weighted by Gasteiger charge is -2.24. The number of rotatable bonds is 1. The fourth-order valence-corrected chi connectivity index (χ4v) is 2.21. The number of alkyl halides is 1. The van der Waals surface area contributed by atoms with E-state index in [0.717, 1.165) is 0 Å². The maximum absolute atomic E-state index is 9.47. The maximum atomic E-state index is 9.47. The molecule has 2 rings (SSSR count). The first kappa shape index (κ1) is 8.18. The number of aliphatic hydroxyl groups is 2. The van der Waals surface area contributed by atoms with E-state index < -0.39 is 6.10 Å². The van der Waals surface area contributed by atoms with Crippen molar-refractivity contribution in [3.63, 3.8) is 0 Å². The summed E-state index contributed by atoms with van der Waals surface area (Å²) in [7, 11) is 0. The van der Waals surface area contributed by atoms with Crippen LogP contribution in [-0.4, -0.2) is 45.3 Å². The van der Waals surface area contributed by atoms with Gasteiger partial charge in [0.05, 0.1) is 16.6 Å². The van der Waals surface area contributed by atoms with Gasteiger partial charge in [0.1, 0.15) is 12.2 Å². The molecule has 2 aliphatic heterocycles. The number of ether oxygens (including phenoxy) is 2. The topological polar surface area (TPSA) is 58.9 Å². The number of hydrogen-bond donors (Lipinski definition) is 2. The van der Waals surface area contributed by atoms with Crippen LogP contribution in [0.25, 0.3) is 0 Å². The molecule has 2 aliphatic rings. The molecule has 2 N–H and O–H groups in total. The van der Waals surface area contributed by atoms with Gasteiger partial charge in [0, 0.05) is 0 Å². The third kappa shape index (κ3) is 1.10. The van der Waals surface area contributed by atoms with Gasteiger partial charge in [0.25, 0.3) is 0 Å². The minimum atomic E-state index is -0.494. The van der Waals surface area contributed by atoms with Crippen molar-refractivity contribution in [3.8, 4) is 0 Å². The first-order valence-electron chi connectivity index (χ1n) is 3.48. The number of fused-ring (bicyclic) bond motifs is 2. The molecule has 5 heteroatoms. The molecule has 64 valence electrons. The second-order valence-corrected chi connectivity index (χ2v) is 4.20. The molecule has 0 spiro atoms. The predicted molar refractivity (Wildman–Crippen MR) is 44.4 cm³/mol. The van der Waals surface area contributed by atoms with Crippen LogP contribution < -0.4 is 0 Å². The Balaban J connectivity index is 2.10. The second-order valence-electron chi connectivity index (χ2n) is 2.76. The Labute approximate surface area is 77.6 Å². The van der Waals surface area contributed by atoms with Crippen molar-refractivity contribution < 1.29 is 19.7 Å². The molecule has 2 fully saturated rings. The zero-order chi connectivity index (χ0) is 8.01. The zero-order valence-corrected chi connectivity index (χ0v) is 7.84. The summed E-state index contributed by atoms with van der Waals surface area (Å²) in [6, 6.07) is 0. The molecule has 2 heterocycles. The molecule has 0 unspecified atom stereocenters. The first-order valence-corrected chi connectivity index (χ1v) is 4.72. The molecule has 0 aromatic rings. The fourth-order valence-electron chi connectivity index (χ4n) is 1.46. The molecular weight excluding hydrogens is 263 g/mol. The molecule has 5 atom stereocenters. The molecule has 0 aliphatic carbocycles. The van der Waals surface area contributed by atoms with Gasteiger partial charge >= 0.3 is 0 Å². The smallest absolute Gasteiger partial charge is 0.173 e. The second kappa shape index (κ2) is 2.81. The molecule has 11 heavy (non-hydrogen) atoms. The first-order chi connectivity index (χ1) is 5.24. The third-order valence-corrected chi connectivity index (χ3v) is 3.39. The summed E-state index contributed by atoms with van der Waals surface area (Å²) in [4.78, 5) is 0. The van der Waals surface area contributed by atoms with Gasteiger partial charge in [-0.15, -0.1) is 0 Å². The average molecular weight is 272 g/mol. The van der Waals surface area contributed by atoms with Crippen LogP contribution in [0.15, 0.2) is 0 Å². The minimum Gasteiger partial charge on any atom is -0.394 e. The van der Waals surface area contributed by atoms with Crippen molar-refractivity contribution in [1.29, 1.82) is 0 Å². The van der Waals surface area contributed by atoms with Gasteiger partial charge in [0.15, 0.2) is 6.29 Å². The average Bonchev–Trinajstić information content (AvgIpc) is 2.53. The lowest BCUT2D eigenvalue weighted by molar-refractivity contribution is -0.0621. The molecule has 4 nitrogen and oxygen atoms in total. The monoisotopic (exact) mass is 272 g/mol. The van der Waals surface area contributed by atoms with E-state index >= 15 is 0 Å². The molecule has 0 radical (unpaired) electrons. The Kier molecular flexibility index (Phi) is 2.09. The van der Waals surface area contributed by atoms with Crippen molar-refractivity contribution in [3.05, 3.63) is 0 Å². The molecule has 0 aromatic heterocycles. The van der Waals surface area contributed by atoms with Crippen LogP contribution in [0.4, 0.5) is 0 Å². The van der Waals surface area contributed by atoms with Crippen molar-refractivity contribution in [2.75, 3.05) is 6.61 Å². The lowest BCUT2D eigenvalue weighted by Crippen LogP contribution is -2.44. The third-order valence-electron chi connectivity index (χ3n) is 2.07. The summed E-state index contributed by atoms with van der Waals surface area (Å²) < 4.78 is 10.5. The zero-order valence-electron chi connectivity index (χ0n) is 5.68. The number of aliphatic hydroxyl groups excluding tert-OH is 2. The van der Waals surface area contributed by atoms with E-state index in [-0.39, 0.29) is 29.0 Å². The van der Waals surface area contributed by atoms with E-state index in [1.807, 2.05) is 0 Å². The van der Waals surface area contributed by atoms with Crippen LogP contribution in [-0.2, 0) is 9.47 Å². The van der Waals surface area contributed by atoms with Crippen molar-refractivity contribution in [2.45, 2.75) is 28.5 Å². The van der Waals surface area contributed by atoms with Crippen molar-refractivity contribution >= 4 is 22.6 Å². The summed E-state index contributed by atoms with van der Waals surface area (Å²) in [6.45, 7) is -0.0818. The van der Waals surface area contributed by atoms with Crippen molar-refractivity contribution in [2.24, 2.45) is 0 Å². The van der Waals surface area contributed by atoms with Crippen LogP contribution in [0.5, 0.6) is 0 Å². The van der Waals surface area contributed by atoms with Gasteiger partial charge in [-0.05, 0) is 0 Å². The maximum Gasteiger partial charge on any atom is 0.173 e. The lowest BCUT2D eigenvalue weighted by atomic mass is 10.1. The Morgan fingerprint density at radius 2 is 2.09 bits per heavy atom. The van der Waals surface area contributed by atoms with E-state index in [9.17, 15) is 5.11 Å². The van der Waals surface area contributed by atoms with Gasteiger partial charge in [0.2, 0.25) is 0 Å². The number of hydrogen-bond acceptors (Lipinski definition) is 4. The Hall–Kier alpha value is 0.570. The van der Waals surface area contributed by atoms with Gasteiger partial charge < -0.3 is 19.7 Å². The van der Waals surface area contributed by atoms with E-state index in [4.69, 9.17) is 14.6 Å². The summed E-state index contributed by atoms with van der Waals surface area (Å²) in [5, 5.41) is 18.2. The highest BCUT2D eigenvalue weighted by Crippen LogP contribution is 2.37. The summed E-state index contributed by atoms with van der Waals surface area (Å²) in [5.74, 6) is 0. The van der Waals surface area contributed by atoms with Crippen LogP contribution in [0.3, 0.4) is 0 Å². The summed E-state index contributed by atoms with van der Waals surface area (Å²) in [5.41, 5.74) is 0. The van der Waals surface area contributed by atoms with Gasteiger partial charge in [-0.2, -0.15) is 0 Å². The molecule has 0 saturated carbocycles. The predicted octanol–water partition coefficient (Wildman–Crippen LogP) is -0.733. The highest BCUT2D eigenvalue weighted by molar-refractivity contribution is 14.1. The Bertz CT molecular complexity index is 159. The van der Waals surface area contributed by atoms with Crippen LogP contribution >= 0.6 is 22.6 Å². The SMILES string of the molecule is OC[C@H]1O[C@H]2O[C@@H]1[C@H](O)[C@H]2I. The summed E-state index contributed by atoms with van der Waals surface area (Å²) >= 11 is 2.10. The number of halogens is 1.